The van der Waals surface area contributed by atoms with Gasteiger partial charge < -0.3 is 15.7 Å². The summed E-state index contributed by atoms with van der Waals surface area (Å²) in [7, 11) is 0. The van der Waals surface area contributed by atoms with Crippen LogP contribution in [0.3, 0.4) is 0 Å². The Labute approximate surface area is 101 Å². The van der Waals surface area contributed by atoms with Crippen LogP contribution in [0, 0.1) is 5.92 Å². The van der Waals surface area contributed by atoms with Crippen LogP contribution >= 0.6 is 0 Å². The van der Waals surface area contributed by atoms with Crippen LogP contribution in [0.25, 0.3) is 0 Å². The van der Waals surface area contributed by atoms with Crippen molar-refractivity contribution >= 4 is 11.8 Å². The minimum Gasteiger partial charge on any atom is -0.391 e. The predicted molar refractivity (Wildman–Crippen MR) is 62.1 cm³/mol. The summed E-state index contributed by atoms with van der Waals surface area (Å²) in [5.74, 6) is -0.929. The van der Waals surface area contributed by atoms with Gasteiger partial charge in [-0.2, -0.15) is 0 Å². The van der Waals surface area contributed by atoms with Crippen molar-refractivity contribution in [1.29, 1.82) is 0 Å². The van der Waals surface area contributed by atoms with Gasteiger partial charge in [-0.15, -0.1) is 0 Å². The summed E-state index contributed by atoms with van der Waals surface area (Å²) < 4.78 is 0. The second-order valence-electron chi connectivity index (χ2n) is 5.07. The molecule has 0 heterocycles. The standard InChI is InChI=1S/C12H20N2O3/c15-10(8-3-1-2-4-8)7-13-11(16)12(17)14-9-5-6-9/h8-10,15H,1-7H2,(H,13,16)(H,14,17). The molecule has 96 valence electrons. The molecule has 3 N–H and O–H groups in total. The molecule has 0 radical (unpaired) electrons. The van der Waals surface area contributed by atoms with E-state index >= 15 is 0 Å². The smallest absolute Gasteiger partial charge is 0.309 e. The Morgan fingerprint density at radius 3 is 2.35 bits per heavy atom. The Hall–Kier alpha value is -1.10. The van der Waals surface area contributed by atoms with E-state index in [0.717, 1.165) is 38.5 Å². The first-order valence-electron chi connectivity index (χ1n) is 6.43. The van der Waals surface area contributed by atoms with E-state index in [1.54, 1.807) is 0 Å². The van der Waals surface area contributed by atoms with Crippen LogP contribution in [0.5, 0.6) is 0 Å². The molecular weight excluding hydrogens is 220 g/mol. The van der Waals surface area contributed by atoms with E-state index in [4.69, 9.17) is 0 Å². The van der Waals surface area contributed by atoms with E-state index in [2.05, 4.69) is 10.6 Å². The molecular formula is C12H20N2O3. The molecule has 0 aliphatic heterocycles. The Kier molecular flexibility index (Phi) is 3.99. The molecule has 2 aliphatic rings. The molecule has 0 aromatic rings. The van der Waals surface area contributed by atoms with Crippen molar-refractivity contribution in [2.75, 3.05) is 6.54 Å². The van der Waals surface area contributed by atoms with E-state index in [9.17, 15) is 14.7 Å². The van der Waals surface area contributed by atoms with E-state index in [1.807, 2.05) is 0 Å². The van der Waals surface area contributed by atoms with Crippen LogP contribution in [0.15, 0.2) is 0 Å². The van der Waals surface area contributed by atoms with E-state index in [-0.39, 0.29) is 18.5 Å². The zero-order chi connectivity index (χ0) is 12.3. The zero-order valence-corrected chi connectivity index (χ0v) is 9.95. The van der Waals surface area contributed by atoms with E-state index in [1.165, 1.54) is 0 Å². The normalized spacial score (nSPS) is 22.2. The highest BCUT2D eigenvalue weighted by Crippen LogP contribution is 2.27. The van der Waals surface area contributed by atoms with Gasteiger partial charge in [-0.25, -0.2) is 0 Å². The fourth-order valence-electron chi connectivity index (χ4n) is 2.26. The third-order valence-electron chi connectivity index (χ3n) is 3.53. The Morgan fingerprint density at radius 1 is 1.12 bits per heavy atom. The van der Waals surface area contributed by atoms with Crippen LogP contribution in [0.4, 0.5) is 0 Å². The number of amides is 2. The number of hydrogen-bond acceptors (Lipinski definition) is 3. The summed E-state index contributed by atoms with van der Waals surface area (Å²) in [5.41, 5.74) is 0. The lowest BCUT2D eigenvalue weighted by molar-refractivity contribution is -0.139. The van der Waals surface area contributed by atoms with Crippen LogP contribution in [-0.2, 0) is 9.59 Å². The van der Waals surface area contributed by atoms with Crippen molar-refractivity contribution in [3.8, 4) is 0 Å². The summed E-state index contributed by atoms with van der Waals surface area (Å²) >= 11 is 0. The highest BCUT2D eigenvalue weighted by molar-refractivity contribution is 6.35. The fraction of sp³-hybridized carbons (Fsp3) is 0.833. The van der Waals surface area contributed by atoms with Gasteiger partial charge >= 0.3 is 11.8 Å². The number of rotatable bonds is 4. The number of nitrogens with one attached hydrogen (secondary N) is 2. The predicted octanol–water partition coefficient (Wildman–Crippen LogP) is -0.0677. The Balaban J connectivity index is 1.65. The molecule has 0 spiro atoms. The van der Waals surface area contributed by atoms with E-state index in [0.29, 0.717) is 0 Å². The molecule has 5 heteroatoms. The Bertz CT molecular complexity index is 296. The maximum atomic E-state index is 11.4. The molecule has 2 amide bonds. The van der Waals surface area contributed by atoms with Gasteiger partial charge in [0.25, 0.3) is 0 Å². The molecule has 17 heavy (non-hydrogen) atoms. The average molecular weight is 240 g/mol. The molecule has 1 unspecified atom stereocenters. The third-order valence-corrected chi connectivity index (χ3v) is 3.53. The number of hydrogen-bond donors (Lipinski definition) is 3. The van der Waals surface area contributed by atoms with Crippen LogP contribution in [0.2, 0.25) is 0 Å². The van der Waals surface area contributed by atoms with Crippen molar-refractivity contribution in [3.63, 3.8) is 0 Å². The van der Waals surface area contributed by atoms with Crippen molar-refractivity contribution in [1.82, 2.24) is 10.6 Å². The average Bonchev–Trinajstić information content (AvgIpc) is 2.96. The van der Waals surface area contributed by atoms with Crippen LogP contribution < -0.4 is 10.6 Å². The van der Waals surface area contributed by atoms with Gasteiger partial charge in [-0.1, -0.05) is 12.8 Å². The number of carbonyl (C=O) groups is 2. The third kappa shape index (κ3) is 3.70. The summed E-state index contributed by atoms with van der Waals surface area (Å²) in [4.78, 5) is 22.7. The number of aliphatic hydroxyl groups is 1. The van der Waals surface area contributed by atoms with Crippen molar-refractivity contribution < 1.29 is 14.7 Å². The summed E-state index contributed by atoms with van der Waals surface area (Å²) in [6.07, 6.45) is 5.75. The number of aliphatic hydroxyl groups excluding tert-OH is 1. The second kappa shape index (κ2) is 5.49. The number of carbonyl (C=O) groups excluding carboxylic acids is 2. The second-order valence-corrected chi connectivity index (χ2v) is 5.07. The lowest BCUT2D eigenvalue weighted by Gasteiger charge is -2.17. The Morgan fingerprint density at radius 2 is 1.76 bits per heavy atom. The summed E-state index contributed by atoms with van der Waals surface area (Å²) in [6.45, 7) is 0.182. The maximum absolute atomic E-state index is 11.4. The topological polar surface area (TPSA) is 78.4 Å². The van der Waals surface area contributed by atoms with Crippen molar-refractivity contribution in [2.24, 2.45) is 5.92 Å². The van der Waals surface area contributed by atoms with E-state index < -0.39 is 17.9 Å². The molecule has 2 aliphatic carbocycles. The van der Waals surface area contributed by atoms with Crippen LogP contribution in [0.1, 0.15) is 38.5 Å². The van der Waals surface area contributed by atoms with Gasteiger partial charge in [0, 0.05) is 12.6 Å². The monoisotopic (exact) mass is 240 g/mol. The molecule has 1 atom stereocenters. The molecule has 2 fully saturated rings. The summed E-state index contributed by atoms with van der Waals surface area (Å²) in [6, 6.07) is 0.188. The molecule has 5 nitrogen and oxygen atoms in total. The molecule has 0 aromatic carbocycles. The lowest BCUT2D eigenvalue weighted by Crippen LogP contribution is -2.44. The first kappa shape index (κ1) is 12.4. The first-order chi connectivity index (χ1) is 8.16. The van der Waals surface area contributed by atoms with Crippen molar-refractivity contribution in [3.05, 3.63) is 0 Å². The van der Waals surface area contributed by atoms with Crippen molar-refractivity contribution in [2.45, 2.75) is 50.7 Å². The maximum Gasteiger partial charge on any atom is 0.309 e. The summed E-state index contributed by atoms with van der Waals surface area (Å²) in [5, 5.41) is 14.9. The minimum absolute atomic E-state index is 0.182. The minimum atomic E-state index is -0.631. The van der Waals surface area contributed by atoms with Gasteiger partial charge in [-0.05, 0) is 31.6 Å². The molecule has 0 bridgehead atoms. The van der Waals surface area contributed by atoms with Crippen LogP contribution in [-0.4, -0.2) is 35.6 Å². The highest BCUT2D eigenvalue weighted by Gasteiger charge is 2.27. The molecule has 2 saturated carbocycles. The highest BCUT2D eigenvalue weighted by atomic mass is 16.3. The molecule has 0 aromatic heterocycles. The lowest BCUT2D eigenvalue weighted by atomic mass is 10.0. The SMILES string of the molecule is O=C(NCC(O)C1CCCC1)C(=O)NC1CC1. The first-order valence-corrected chi connectivity index (χ1v) is 6.43. The largest absolute Gasteiger partial charge is 0.391 e. The fourth-order valence-corrected chi connectivity index (χ4v) is 2.26. The van der Waals surface area contributed by atoms with Gasteiger partial charge in [0.2, 0.25) is 0 Å². The molecule has 0 saturated heterocycles. The zero-order valence-electron chi connectivity index (χ0n) is 9.95. The quantitative estimate of drug-likeness (QED) is 0.602. The van der Waals surface area contributed by atoms with Gasteiger partial charge in [0.1, 0.15) is 0 Å². The van der Waals surface area contributed by atoms with Gasteiger partial charge in [0.05, 0.1) is 6.10 Å². The van der Waals surface area contributed by atoms with Gasteiger partial charge in [-0.3, -0.25) is 9.59 Å². The molecule has 2 rings (SSSR count). The van der Waals surface area contributed by atoms with Gasteiger partial charge in [0.15, 0.2) is 0 Å².